The summed E-state index contributed by atoms with van der Waals surface area (Å²) in [6.45, 7) is 6.29. The van der Waals surface area contributed by atoms with Gasteiger partial charge in [-0.3, -0.25) is 9.59 Å². The van der Waals surface area contributed by atoms with Crippen molar-refractivity contribution in [2.75, 3.05) is 7.11 Å². The monoisotopic (exact) mass is 485 g/mol. The van der Waals surface area contributed by atoms with Crippen LogP contribution in [0.4, 0.5) is 0 Å². The average Bonchev–Trinajstić information content (AvgIpc) is 2.91. The van der Waals surface area contributed by atoms with Crippen LogP contribution in [-0.4, -0.2) is 25.0 Å². The summed E-state index contributed by atoms with van der Waals surface area (Å²) in [6.07, 6.45) is 1.85. The molecule has 3 aromatic rings. The number of rotatable bonds is 11. The van der Waals surface area contributed by atoms with E-state index >= 15 is 0 Å². The minimum atomic E-state index is -0.543. The second-order valence-electron chi connectivity index (χ2n) is 8.91. The van der Waals surface area contributed by atoms with Crippen LogP contribution in [0.15, 0.2) is 79.4 Å². The molecule has 0 aromatic heterocycles. The predicted octanol–water partition coefficient (Wildman–Crippen LogP) is 4.67. The van der Waals surface area contributed by atoms with Crippen molar-refractivity contribution in [2.24, 2.45) is 17.4 Å². The third-order valence-electron chi connectivity index (χ3n) is 6.30. The Labute approximate surface area is 213 Å². The molecule has 2 atom stereocenters. The van der Waals surface area contributed by atoms with Gasteiger partial charge in [-0.25, -0.2) is 0 Å². The van der Waals surface area contributed by atoms with Crippen LogP contribution < -0.4 is 16.8 Å². The Morgan fingerprint density at radius 3 is 2.28 bits per heavy atom. The summed E-state index contributed by atoms with van der Waals surface area (Å²) in [4.78, 5) is 26.0. The first-order valence-corrected chi connectivity index (χ1v) is 12.2. The molecule has 0 heterocycles. The maximum atomic E-state index is 13.2. The fourth-order valence-electron chi connectivity index (χ4n) is 4.32. The van der Waals surface area contributed by atoms with Crippen molar-refractivity contribution < 1.29 is 14.3 Å². The van der Waals surface area contributed by atoms with E-state index in [2.05, 4.69) is 11.9 Å². The average molecular weight is 486 g/mol. The summed E-state index contributed by atoms with van der Waals surface area (Å²) in [5.41, 5.74) is 17.4. The SMILES string of the molecule is C=C(N)c1cccc(CC(C(=O)OC)C(CCC)NC(=O)c2ccc(-c3cccc(CN)c3)cc2)c1. The summed E-state index contributed by atoms with van der Waals surface area (Å²) in [6, 6.07) is 22.7. The number of esters is 1. The van der Waals surface area contributed by atoms with Gasteiger partial charge >= 0.3 is 5.97 Å². The van der Waals surface area contributed by atoms with Crippen molar-refractivity contribution in [1.29, 1.82) is 0 Å². The number of hydrogen-bond donors (Lipinski definition) is 3. The third-order valence-corrected chi connectivity index (χ3v) is 6.30. The molecule has 188 valence electrons. The van der Waals surface area contributed by atoms with E-state index in [4.69, 9.17) is 16.2 Å². The Morgan fingerprint density at radius 1 is 0.944 bits per heavy atom. The number of benzene rings is 3. The number of carbonyl (C=O) groups is 2. The molecule has 6 heteroatoms. The van der Waals surface area contributed by atoms with Gasteiger partial charge in [-0.2, -0.15) is 0 Å². The second-order valence-corrected chi connectivity index (χ2v) is 8.91. The van der Waals surface area contributed by atoms with Gasteiger partial charge in [0.15, 0.2) is 0 Å². The quantitative estimate of drug-likeness (QED) is 0.342. The molecule has 3 rings (SSSR count). The van der Waals surface area contributed by atoms with Crippen LogP contribution in [-0.2, 0) is 22.5 Å². The summed E-state index contributed by atoms with van der Waals surface area (Å²) < 4.78 is 5.12. The molecule has 36 heavy (non-hydrogen) atoms. The van der Waals surface area contributed by atoms with E-state index in [-0.39, 0.29) is 17.9 Å². The Bertz CT molecular complexity index is 1200. The Hall–Kier alpha value is -3.90. The van der Waals surface area contributed by atoms with Crippen molar-refractivity contribution in [3.8, 4) is 11.1 Å². The highest BCUT2D eigenvalue weighted by Crippen LogP contribution is 2.23. The van der Waals surface area contributed by atoms with Crippen molar-refractivity contribution in [3.63, 3.8) is 0 Å². The number of ether oxygens (including phenoxy) is 1. The summed E-state index contributed by atoms with van der Waals surface area (Å²) in [5, 5.41) is 3.09. The Kier molecular flexibility index (Phi) is 9.42. The largest absolute Gasteiger partial charge is 0.469 e. The van der Waals surface area contributed by atoms with Crippen LogP contribution in [0.1, 0.15) is 46.8 Å². The molecular weight excluding hydrogens is 450 g/mol. The van der Waals surface area contributed by atoms with E-state index < -0.39 is 5.92 Å². The van der Waals surface area contributed by atoms with E-state index in [1.165, 1.54) is 7.11 Å². The van der Waals surface area contributed by atoms with Gasteiger partial charge in [-0.05, 0) is 64.9 Å². The lowest BCUT2D eigenvalue weighted by molar-refractivity contribution is -0.146. The normalized spacial score (nSPS) is 12.4. The van der Waals surface area contributed by atoms with Gasteiger partial charge in [0.1, 0.15) is 0 Å². The third kappa shape index (κ3) is 6.83. The van der Waals surface area contributed by atoms with Gasteiger partial charge < -0.3 is 21.5 Å². The number of hydrogen-bond acceptors (Lipinski definition) is 5. The lowest BCUT2D eigenvalue weighted by Crippen LogP contribution is -2.44. The zero-order valence-electron chi connectivity index (χ0n) is 21.0. The number of nitrogens with one attached hydrogen (secondary N) is 1. The Morgan fingerprint density at radius 2 is 1.64 bits per heavy atom. The highest BCUT2D eigenvalue weighted by atomic mass is 16.5. The molecule has 2 unspecified atom stereocenters. The predicted molar refractivity (Wildman–Crippen MR) is 145 cm³/mol. The van der Waals surface area contributed by atoms with E-state index in [1.807, 2.05) is 67.6 Å². The highest BCUT2D eigenvalue weighted by Gasteiger charge is 2.30. The maximum Gasteiger partial charge on any atom is 0.311 e. The highest BCUT2D eigenvalue weighted by molar-refractivity contribution is 5.95. The van der Waals surface area contributed by atoms with E-state index in [9.17, 15) is 9.59 Å². The molecule has 0 bridgehead atoms. The van der Waals surface area contributed by atoms with Crippen LogP contribution in [0.2, 0.25) is 0 Å². The van der Waals surface area contributed by atoms with E-state index in [1.54, 1.807) is 12.1 Å². The van der Waals surface area contributed by atoms with Crippen molar-refractivity contribution in [2.45, 2.75) is 38.8 Å². The molecule has 1 amide bonds. The number of amides is 1. The zero-order valence-corrected chi connectivity index (χ0v) is 21.0. The number of nitrogens with two attached hydrogens (primary N) is 2. The first kappa shape index (κ1) is 26.7. The van der Waals surface area contributed by atoms with Crippen LogP contribution in [0.3, 0.4) is 0 Å². The van der Waals surface area contributed by atoms with E-state index in [0.717, 1.165) is 34.2 Å². The van der Waals surface area contributed by atoms with Gasteiger partial charge in [0.2, 0.25) is 0 Å². The standard InChI is InChI=1S/C30H35N3O3/c1-4-7-28(27(30(35)36-3)18-21-8-5-10-25(16-21)20(2)32)33-29(34)24-14-12-23(13-15-24)26-11-6-9-22(17-26)19-31/h5-6,8-17,27-28H,2,4,7,18-19,31-32H2,1,3H3,(H,33,34). The molecule has 0 saturated carbocycles. The second kappa shape index (κ2) is 12.7. The van der Waals surface area contributed by atoms with Gasteiger partial charge in [-0.15, -0.1) is 0 Å². The minimum absolute atomic E-state index is 0.228. The summed E-state index contributed by atoms with van der Waals surface area (Å²) in [7, 11) is 1.37. The molecule has 6 nitrogen and oxygen atoms in total. The molecule has 0 aliphatic carbocycles. The number of carbonyl (C=O) groups excluding carboxylic acids is 2. The van der Waals surface area contributed by atoms with Gasteiger partial charge in [0.25, 0.3) is 5.91 Å². The lowest BCUT2D eigenvalue weighted by atomic mass is 9.88. The molecule has 5 N–H and O–H groups in total. The minimum Gasteiger partial charge on any atom is -0.469 e. The first-order valence-electron chi connectivity index (χ1n) is 12.2. The fourth-order valence-corrected chi connectivity index (χ4v) is 4.32. The van der Waals surface area contributed by atoms with Crippen LogP contribution in [0, 0.1) is 5.92 Å². The fraction of sp³-hybridized carbons (Fsp3) is 0.267. The molecule has 0 saturated heterocycles. The molecule has 0 fully saturated rings. The van der Waals surface area contributed by atoms with Crippen LogP contribution >= 0.6 is 0 Å². The first-order chi connectivity index (χ1) is 17.4. The molecule has 0 spiro atoms. The summed E-state index contributed by atoms with van der Waals surface area (Å²) in [5.74, 6) is -1.13. The summed E-state index contributed by atoms with van der Waals surface area (Å²) >= 11 is 0. The van der Waals surface area contributed by atoms with Gasteiger partial charge in [-0.1, -0.05) is 68.5 Å². The molecule has 0 aliphatic heterocycles. The van der Waals surface area contributed by atoms with Crippen molar-refractivity contribution in [3.05, 3.63) is 102 Å². The maximum absolute atomic E-state index is 13.2. The molecular formula is C30H35N3O3. The molecule has 0 radical (unpaired) electrons. The molecule has 0 aliphatic rings. The number of methoxy groups -OCH3 is 1. The zero-order chi connectivity index (χ0) is 26.1. The molecule has 3 aromatic carbocycles. The van der Waals surface area contributed by atoms with Crippen LogP contribution in [0.5, 0.6) is 0 Å². The van der Waals surface area contributed by atoms with Crippen molar-refractivity contribution >= 4 is 17.6 Å². The topological polar surface area (TPSA) is 107 Å². The smallest absolute Gasteiger partial charge is 0.311 e. The van der Waals surface area contributed by atoms with E-state index in [0.29, 0.717) is 30.6 Å². The van der Waals surface area contributed by atoms with Gasteiger partial charge in [0.05, 0.1) is 13.0 Å². The Balaban J connectivity index is 1.80. The van der Waals surface area contributed by atoms with Crippen molar-refractivity contribution in [1.82, 2.24) is 5.32 Å². The lowest BCUT2D eigenvalue weighted by Gasteiger charge is -2.26. The van der Waals surface area contributed by atoms with Crippen LogP contribution in [0.25, 0.3) is 16.8 Å². The van der Waals surface area contributed by atoms with Gasteiger partial charge in [0, 0.05) is 23.8 Å².